The molecule has 2 aromatic rings. The molecule has 0 unspecified atom stereocenters. The summed E-state index contributed by atoms with van der Waals surface area (Å²) in [6.07, 6.45) is 0.727. The van der Waals surface area contributed by atoms with Crippen molar-refractivity contribution < 1.29 is 4.74 Å². The van der Waals surface area contributed by atoms with Gasteiger partial charge < -0.3 is 10.5 Å². The van der Waals surface area contributed by atoms with Crippen LogP contribution in [0.5, 0.6) is 5.75 Å². The Hall–Kier alpha value is -1.88. The van der Waals surface area contributed by atoms with Crippen molar-refractivity contribution in [1.29, 1.82) is 5.41 Å². The van der Waals surface area contributed by atoms with E-state index in [-0.39, 0.29) is 5.84 Å². The molecule has 0 spiro atoms. The van der Waals surface area contributed by atoms with Gasteiger partial charge in [0.15, 0.2) is 0 Å². The molecule has 0 saturated carbocycles. The molecule has 3 N–H and O–H groups in total. The van der Waals surface area contributed by atoms with Crippen LogP contribution in [-0.2, 0) is 6.42 Å². The Morgan fingerprint density at radius 2 is 2.00 bits per heavy atom. The molecule has 21 heavy (non-hydrogen) atoms. The van der Waals surface area contributed by atoms with E-state index in [9.17, 15) is 0 Å². The fourth-order valence-corrected chi connectivity index (χ4v) is 2.92. The van der Waals surface area contributed by atoms with Gasteiger partial charge in [-0.15, -0.1) is 11.3 Å². The van der Waals surface area contributed by atoms with E-state index in [1.807, 2.05) is 19.1 Å². The highest BCUT2D eigenvalue weighted by molar-refractivity contribution is 7.13. The first kappa shape index (κ1) is 15.5. The first-order chi connectivity index (χ1) is 9.97. The van der Waals surface area contributed by atoms with Gasteiger partial charge in [-0.1, -0.05) is 26.0 Å². The van der Waals surface area contributed by atoms with Gasteiger partial charge in [-0.2, -0.15) is 0 Å². The number of benzene rings is 1. The van der Waals surface area contributed by atoms with Crippen molar-refractivity contribution in [2.75, 3.05) is 6.61 Å². The van der Waals surface area contributed by atoms with Gasteiger partial charge in [-0.25, -0.2) is 4.98 Å². The first-order valence-electron chi connectivity index (χ1n) is 7.01. The Bertz CT molecular complexity index is 617. The molecule has 112 valence electrons. The number of aryl methyl sites for hydroxylation is 1. The topological polar surface area (TPSA) is 72.0 Å². The van der Waals surface area contributed by atoms with Crippen LogP contribution in [0.25, 0.3) is 0 Å². The van der Waals surface area contributed by atoms with Crippen LogP contribution in [-0.4, -0.2) is 17.4 Å². The molecule has 1 aromatic carbocycles. The maximum atomic E-state index is 7.47. The minimum atomic E-state index is 0.0847. The molecule has 0 aliphatic heterocycles. The van der Waals surface area contributed by atoms with Gasteiger partial charge in [0, 0.05) is 6.42 Å². The van der Waals surface area contributed by atoms with Gasteiger partial charge >= 0.3 is 0 Å². The molecule has 0 bridgehead atoms. The van der Waals surface area contributed by atoms with E-state index in [0.717, 1.165) is 27.7 Å². The first-order valence-corrected chi connectivity index (χ1v) is 7.82. The lowest BCUT2D eigenvalue weighted by Gasteiger charge is -2.08. The molecule has 0 atom stereocenters. The van der Waals surface area contributed by atoms with Gasteiger partial charge in [0.25, 0.3) is 0 Å². The number of thiazole rings is 1. The summed E-state index contributed by atoms with van der Waals surface area (Å²) in [7, 11) is 0. The maximum absolute atomic E-state index is 7.47. The summed E-state index contributed by atoms with van der Waals surface area (Å²) in [6, 6.07) is 8.20. The molecule has 0 saturated heterocycles. The fraction of sp³-hybridized carbons (Fsp3) is 0.375. The summed E-state index contributed by atoms with van der Waals surface area (Å²) in [6.45, 7) is 6.80. The Morgan fingerprint density at radius 3 is 2.52 bits per heavy atom. The van der Waals surface area contributed by atoms with E-state index in [0.29, 0.717) is 12.5 Å². The van der Waals surface area contributed by atoms with Crippen molar-refractivity contribution in [3.63, 3.8) is 0 Å². The number of ether oxygens (including phenoxy) is 1. The molecule has 0 radical (unpaired) electrons. The smallest absolute Gasteiger partial charge is 0.135 e. The number of nitrogens with two attached hydrogens (primary N) is 1. The average molecular weight is 303 g/mol. The van der Waals surface area contributed by atoms with E-state index in [1.165, 1.54) is 16.9 Å². The van der Waals surface area contributed by atoms with Crippen molar-refractivity contribution in [2.24, 2.45) is 5.73 Å². The summed E-state index contributed by atoms with van der Waals surface area (Å²) in [5.41, 5.74) is 7.64. The fourth-order valence-electron chi connectivity index (χ4n) is 2.01. The number of nitrogen functional groups attached to an aromatic ring is 1. The van der Waals surface area contributed by atoms with Gasteiger partial charge in [0.1, 0.15) is 11.6 Å². The van der Waals surface area contributed by atoms with Crippen molar-refractivity contribution in [3.05, 3.63) is 45.4 Å². The summed E-state index contributed by atoms with van der Waals surface area (Å²) in [5.74, 6) is 1.49. The standard InChI is InChI=1S/C16H21N3OS/c1-10(2)12-4-6-13(7-5-12)20-9-8-14-19-11(3)15(21-14)16(17)18/h4-7,10H,8-9H2,1-3H3,(H3,17,18). The molecule has 1 aromatic heterocycles. The van der Waals surface area contributed by atoms with Crippen LogP contribution in [0.2, 0.25) is 0 Å². The van der Waals surface area contributed by atoms with Gasteiger partial charge in [-0.3, -0.25) is 5.41 Å². The van der Waals surface area contributed by atoms with Gasteiger partial charge in [-0.05, 0) is 30.5 Å². The highest BCUT2D eigenvalue weighted by Crippen LogP contribution is 2.20. The highest BCUT2D eigenvalue weighted by Gasteiger charge is 2.09. The van der Waals surface area contributed by atoms with E-state index < -0.39 is 0 Å². The van der Waals surface area contributed by atoms with Crippen LogP contribution in [0, 0.1) is 12.3 Å². The predicted octanol–water partition coefficient (Wildman–Crippen LogP) is 3.48. The third-order valence-corrected chi connectivity index (χ3v) is 4.47. The second kappa shape index (κ2) is 6.72. The van der Waals surface area contributed by atoms with Crippen LogP contribution in [0.1, 0.15) is 40.9 Å². The molecular formula is C16H21N3OS. The Kier molecular flexibility index (Phi) is 4.96. The minimum absolute atomic E-state index is 0.0847. The normalized spacial score (nSPS) is 10.9. The summed E-state index contributed by atoms with van der Waals surface area (Å²) < 4.78 is 5.74. The van der Waals surface area contributed by atoms with Crippen LogP contribution < -0.4 is 10.5 Å². The molecule has 0 aliphatic rings. The number of nitrogens with zero attached hydrogens (tertiary/aromatic N) is 1. The van der Waals surface area contributed by atoms with Gasteiger partial charge in [0.2, 0.25) is 0 Å². The molecule has 5 heteroatoms. The lowest BCUT2D eigenvalue weighted by Crippen LogP contribution is -2.10. The zero-order chi connectivity index (χ0) is 15.4. The van der Waals surface area contributed by atoms with Crippen molar-refractivity contribution in [2.45, 2.75) is 33.1 Å². The van der Waals surface area contributed by atoms with E-state index in [1.54, 1.807) is 0 Å². The summed E-state index contributed by atoms with van der Waals surface area (Å²) in [5, 5.41) is 8.43. The number of nitrogens with one attached hydrogen (secondary N) is 1. The number of rotatable bonds is 6. The van der Waals surface area contributed by atoms with Crippen molar-refractivity contribution >= 4 is 17.2 Å². The summed E-state index contributed by atoms with van der Waals surface area (Å²) >= 11 is 1.47. The average Bonchev–Trinajstić information content (AvgIpc) is 2.80. The maximum Gasteiger partial charge on any atom is 0.135 e. The zero-order valence-corrected chi connectivity index (χ0v) is 13.5. The second-order valence-corrected chi connectivity index (χ2v) is 6.34. The van der Waals surface area contributed by atoms with Crippen molar-refractivity contribution in [1.82, 2.24) is 4.98 Å². The monoisotopic (exact) mass is 303 g/mol. The van der Waals surface area contributed by atoms with E-state index in [4.69, 9.17) is 15.9 Å². The molecule has 0 fully saturated rings. The lowest BCUT2D eigenvalue weighted by atomic mass is 10.0. The van der Waals surface area contributed by atoms with Crippen LogP contribution >= 0.6 is 11.3 Å². The lowest BCUT2D eigenvalue weighted by molar-refractivity contribution is 0.321. The highest BCUT2D eigenvalue weighted by atomic mass is 32.1. The molecular weight excluding hydrogens is 282 g/mol. The molecule has 4 nitrogen and oxygen atoms in total. The Balaban J connectivity index is 1.89. The third kappa shape index (κ3) is 4.04. The SMILES string of the molecule is Cc1nc(CCOc2ccc(C(C)C)cc2)sc1C(=N)N. The van der Waals surface area contributed by atoms with Crippen LogP contribution in [0.3, 0.4) is 0 Å². The number of amidine groups is 1. The molecule has 2 rings (SSSR count). The Morgan fingerprint density at radius 1 is 1.33 bits per heavy atom. The van der Waals surface area contributed by atoms with Crippen LogP contribution in [0.4, 0.5) is 0 Å². The largest absolute Gasteiger partial charge is 0.493 e. The predicted molar refractivity (Wildman–Crippen MR) is 87.6 cm³/mol. The van der Waals surface area contributed by atoms with Crippen LogP contribution in [0.15, 0.2) is 24.3 Å². The number of hydrogen-bond donors (Lipinski definition) is 2. The number of aromatic nitrogens is 1. The Labute approximate surface area is 129 Å². The van der Waals surface area contributed by atoms with Crippen molar-refractivity contribution in [3.8, 4) is 5.75 Å². The second-order valence-electron chi connectivity index (χ2n) is 5.26. The zero-order valence-electron chi connectivity index (χ0n) is 12.6. The van der Waals surface area contributed by atoms with E-state index in [2.05, 4.69) is 31.0 Å². The molecule has 0 aliphatic carbocycles. The molecule has 1 heterocycles. The molecule has 0 amide bonds. The number of hydrogen-bond acceptors (Lipinski definition) is 4. The quantitative estimate of drug-likeness (QED) is 0.634. The van der Waals surface area contributed by atoms with E-state index >= 15 is 0 Å². The summed E-state index contributed by atoms with van der Waals surface area (Å²) in [4.78, 5) is 5.17. The minimum Gasteiger partial charge on any atom is -0.493 e. The van der Waals surface area contributed by atoms with Gasteiger partial charge in [0.05, 0.1) is 22.2 Å². The third-order valence-electron chi connectivity index (χ3n) is 3.22.